The molecule has 0 radical (unpaired) electrons. The standard InChI is InChI=1S/C21H21ClN4O3S/c1-16-15-20(23-26(16)18-5-3-2-4-6-18)21(27)24-11-13-25(14-12-24)30(28,29)19-9-7-17(22)8-10-19/h2-10,15H,11-14H2,1H3. The van der Waals surface area contributed by atoms with Crippen molar-refractivity contribution >= 4 is 27.5 Å². The summed E-state index contributed by atoms with van der Waals surface area (Å²) in [5.41, 5.74) is 2.09. The largest absolute Gasteiger partial charge is 0.335 e. The minimum Gasteiger partial charge on any atom is -0.335 e. The fourth-order valence-electron chi connectivity index (χ4n) is 3.46. The van der Waals surface area contributed by atoms with Gasteiger partial charge in [-0.3, -0.25) is 4.79 Å². The maximum absolute atomic E-state index is 12.9. The number of nitrogens with zero attached hydrogens (tertiary/aromatic N) is 4. The molecule has 30 heavy (non-hydrogen) atoms. The molecule has 0 unspecified atom stereocenters. The van der Waals surface area contributed by atoms with Crippen molar-refractivity contribution < 1.29 is 13.2 Å². The van der Waals surface area contributed by atoms with Crippen LogP contribution in [0.3, 0.4) is 0 Å². The van der Waals surface area contributed by atoms with E-state index in [9.17, 15) is 13.2 Å². The Kier molecular flexibility index (Phi) is 5.64. The van der Waals surface area contributed by atoms with Gasteiger partial charge in [0.1, 0.15) is 0 Å². The molecular formula is C21H21ClN4O3S. The van der Waals surface area contributed by atoms with E-state index in [1.165, 1.54) is 16.4 Å². The van der Waals surface area contributed by atoms with Crippen LogP contribution in [0.4, 0.5) is 0 Å². The van der Waals surface area contributed by atoms with Crippen LogP contribution >= 0.6 is 11.6 Å². The molecule has 0 N–H and O–H groups in total. The number of benzene rings is 2. The highest BCUT2D eigenvalue weighted by atomic mass is 35.5. The minimum absolute atomic E-state index is 0.198. The van der Waals surface area contributed by atoms with E-state index in [2.05, 4.69) is 5.10 Å². The molecule has 7 nitrogen and oxygen atoms in total. The highest BCUT2D eigenvalue weighted by molar-refractivity contribution is 7.89. The Morgan fingerprint density at radius 2 is 1.60 bits per heavy atom. The van der Waals surface area contributed by atoms with E-state index >= 15 is 0 Å². The van der Waals surface area contributed by atoms with Gasteiger partial charge in [0.2, 0.25) is 10.0 Å². The number of hydrogen-bond acceptors (Lipinski definition) is 4. The van der Waals surface area contributed by atoms with Crippen molar-refractivity contribution in [3.63, 3.8) is 0 Å². The van der Waals surface area contributed by atoms with Crippen LogP contribution in [-0.2, 0) is 10.0 Å². The molecule has 0 saturated carbocycles. The molecule has 2 aromatic carbocycles. The molecule has 1 aliphatic heterocycles. The van der Waals surface area contributed by atoms with Gasteiger partial charge in [0.25, 0.3) is 5.91 Å². The van der Waals surface area contributed by atoms with Gasteiger partial charge in [-0.05, 0) is 49.4 Å². The van der Waals surface area contributed by atoms with Crippen LogP contribution < -0.4 is 0 Å². The third kappa shape index (κ3) is 3.98. The maximum atomic E-state index is 12.9. The van der Waals surface area contributed by atoms with Gasteiger partial charge >= 0.3 is 0 Å². The average Bonchev–Trinajstić information content (AvgIpc) is 3.16. The van der Waals surface area contributed by atoms with E-state index in [0.29, 0.717) is 23.8 Å². The first-order chi connectivity index (χ1) is 14.4. The second kappa shape index (κ2) is 8.22. The monoisotopic (exact) mass is 444 g/mol. The molecule has 0 atom stereocenters. The van der Waals surface area contributed by atoms with Gasteiger partial charge in [-0.15, -0.1) is 0 Å². The van der Waals surface area contributed by atoms with Gasteiger partial charge in [0.05, 0.1) is 10.6 Å². The van der Waals surface area contributed by atoms with Crippen LogP contribution in [0, 0.1) is 6.92 Å². The average molecular weight is 445 g/mol. The molecule has 1 amide bonds. The fraction of sp³-hybridized carbons (Fsp3) is 0.238. The predicted octanol–water partition coefficient (Wildman–Crippen LogP) is 2.98. The molecule has 0 aliphatic carbocycles. The Balaban J connectivity index is 1.46. The van der Waals surface area contributed by atoms with Crippen molar-refractivity contribution in [2.45, 2.75) is 11.8 Å². The third-order valence-corrected chi connectivity index (χ3v) is 7.25. The van der Waals surface area contributed by atoms with E-state index < -0.39 is 10.0 Å². The molecule has 2 heterocycles. The summed E-state index contributed by atoms with van der Waals surface area (Å²) in [6.45, 7) is 2.98. The predicted molar refractivity (Wildman–Crippen MR) is 114 cm³/mol. The zero-order valence-corrected chi connectivity index (χ0v) is 18.0. The highest BCUT2D eigenvalue weighted by Crippen LogP contribution is 2.21. The van der Waals surface area contributed by atoms with Crippen molar-refractivity contribution in [1.82, 2.24) is 19.0 Å². The number of carbonyl (C=O) groups is 1. The molecule has 1 aliphatic rings. The van der Waals surface area contributed by atoms with Crippen LogP contribution in [0.5, 0.6) is 0 Å². The zero-order valence-electron chi connectivity index (χ0n) is 16.4. The first-order valence-corrected chi connectivity index (χ1v) is 11.3. The van der Waals surface area contributed by atoms with Crippen molar-refractivity contribution in [1.29, 1.82) is 0 Å². The van der Waals surface area contributed by atoms with Crippen LogP contribution in [0.25, 0.3) is 5.69 Å². The number of para-hydroxylation sites is 1. The summed E-state index contributed by atoms with van der Waals surface area (Å²) < 4.78 is 28.8. The third-order valence-electron chi connectivity index (χ3n) is 5.08. The molecule has 0 spiro atoms. The summed E-state index contributed by atoms with van der Waals surface area (Å²) in [6, 6.07) is 17.5. The van der Waals surface area contributed by atoms with Crippen molar-refractivity contribution in [2.75, 3.05) is 26.2 Å². The SMILES string of the molecule is Cc1cc(C(=O)N2CCN(S(=O)(=O)c3ccc(Cl)cc3)CC2)nn1-c1ccccc1. The van der Waals surface area contributed by atoms with Gasteiger partial charge in [-0.1, -0.05) is 29.8 Å². The number of aryl methyl sites for hydroxylation is 1. The first kappa shape index (κ1) is 20.6. The van der Waals surface area contributed by atoms with Gasteiger partial charge in [0.15, 0.2) is 5.69 Å². The fourth-order valence-corrected chi connectivity index (χ4v) is 5.01. The quantitative estimate of drug-likeness (QED) is 0.620. The number of rotatable bonds is 4. The molecule has 3 aromatic rings. The molecule has 1 aromatic heterocycles. The van der Waals surface area contributed by atoms with Gasteiger partial charge in [0, 0.05) is 36.9 Å². The summed E-state index contributed by atoms with van der Waals surface area (Å²) in [6.07, 6.45) is 0. The molecule has 4 rings (SSSR count). The topological polar surface area (TPSA) is 75.5 Å². The number of sulfonamides is 1. The van der Waals surface area contributed by atoms with E-state index in [1.54, 1.807) is 27.8 Å². The summed E-state index contributed by atoms with van der Waals surface area (Å²) in [7, 11) is -3.61. The Morgan fingerprint density at radius 1 is 0.967 bits per heavy atom. The Hall–Kier alpha value is -2.68. The van der Waals surface area contributed by atoms with Gasteiger partial charge < -0.3 is 4.90 Å². The van der Waals surface area contributed by atoms with E-state index in [1.807, 2.05) is 37.3 Å². The van der Waals surface area contributed by atoms with E-state index in [4.69, 9.17) is 11.6 Å². The van der Waals surface area contributed by atoms with Crippen molar-refractivity contribution in [2.24, 2.45) is 0 Å². The number of halogens is 1. The van der Waals surface area contributed by atoms with Crippen LogP contribution in [-0.4, -0.2) is 59.5 Å². The lowest BCUT2D eigenvalue weighted by atomic mass is 10.3. The van der Waals surface area contributed by atoms with Crippen LogP contribution in [0.2, 0.25) is 5.02 Å². The number of hydrogen-bond donors (Lipinski definition) is 0. The maximum Gasteiger partial charge on any atom is 0.274 e. The van der Waals surface area contributed by atoms with Crippen LogP contribution in [0.1, 0.15) is 16.2 Å². The van der Waals surface area contributed by atoms with Gasteiger partial charge in [-0.25, -0.2) is 13.1 Å². The highest BCUT2D eigenvalue weighted by Gasteiger charge is 2.31. The number of aromatic nitrogens is 2. The van der Waals surface area contributed by atoms with E-state index in [0.717, 1.165) is 11.4 Å². The van der Waals surface area contributed by atoms with Crippen LogP contribution in [0.15, 0.2) is 65.6 Å². The summed E-state index contributed by atoms with van der Waals surface area (Å²) in [4.78, 5) is 14.8. The lowest BCUT2D eigenvalue weighted by Crippen LogP contribution is -2.50. The summed E-state index contributed by atoms with van der Waals surface area (Å²) in [5, 5.41) is 4.94. The Labute approximate surface area is 180 Å². The van der Waals surface area contributed by atoms with Crippen molar-refractivity contribution in [3.8, 4) is 5.69 Å². The molecule has 1 fully saturated rings. The van der Waals surface area contributed by atoms with E-state index in [-0.39, 0.29) is 23.9 Å². The zero-order chi connectivity index (χ0) is 21.3. The normalized spacial score (nSPS) is 15.3. The molecule has 1 saturated heterocycles. The second-order valence-electron chi connectivity index (χ2n) is 7.07. The first-order valence-electron chi connectivity index (χ1n) is 9.53. The van der Waals surface area contributed by atoms with Gasteiger partial charge in [-0.2, -0.15) is 9.40 Å². The number of carbonyl (C=O) groups excluding carboxylic acids is 1. The summed E-state index contributed by atoms with van der Waals surface area (Å²) in [5.74, 6) is -0.198. The summed E-state index contributed by atoms with van der Waals surface area (Å²) >= 11 is 5.85. The Morgan fingerprint density at radius 3 is 2.23 bits per heavy atom. The minimum atomic E-state index is -3.61. The molecular weight excluding hydrogens is 424 g/mol. The smallest absolute Gasteiger partial charge is 0.274 e. The Bertz CT molecular complexity index is 1150. The molecule has 9 heteroatoms. The number of piperazine rings is 1. The lowest BCUT2D eigenvalue weighted by Gasteiger charge is -2.33. The number of amides is 1. The van der Waals surface area contributed by atoms with Crippen molar-refractivity contribution in [3.05, 3.63) is 77.1 Å². The second-order valence-corrected chi connectivity index (χ2v) is 9.44. The lowest BCUT2D eigenvalue weighted by molar-refractivity contribution is 0.0691. The molecule has 0 bridgehead atoms. The molecule has 156 valence electrons.